The van der Waals surface area contributed by atoms with Crippen molar-refractivity contribution in [2.45, 2.75) is 26.0 Å². The van der Waals surface area contributed by atoms with Gasteiger partial charge >= 0.3 is 0 Å². The van der Waals surface area contributed by atoms with E-state index in [1.165, 1.54) is 0 Å². The quantitative estimate of drug-likeness (QED) is 0.306. The Balaban J connectivity index is 1.76. The lowest BCUT2D eigenvalue weighted by molar-refractivity contribution is 0.670. The van der Waals surface area contributed by atoms with Crippen molar-refractivity contribution in [2.24, 2.45) is 0 Å². The van der Waals surface area contributed by atoms with E-state index < -0.39 is 14.4 Å². The maximum absolute atomic E-state index is 9.08. The van der Waals surface area contributed by atoms with Gasteiger partial charge in [0.15, 0.2) is 0 Å². The third kappa shape index (κ3) is 3.35. The van der Waals surface area contributed by atoms with E-state index in [4.69, 9.17) is 12.1 Å². The number of hydrogen-bond donors (Lipinski definition) is 0. The van der Waals surface area contributed by atoms with Crippen molar-refractivity contribution in [3.8, 4) is 11.3 Å². The smallest absolute Gasteiger partial charge is 0.144 e. The average molecular weight is 410 g/mol. The summed E-state index contributed by atoms with van der Waals surface area (Å²) < 4.78 is 24.4. The minimum Gasteiger partial charge on any atom is -0.455 e. The summed E-state index contributed by atoms with van der Waals surface area (Å²) in [6.07, 6.45) is 0.259. The Labute approximate surface area is 181 Å². The molecule has 2 heterocycles. The van der Waals surface area contributed by atoms with E-state index in [0.717, 1.165) is 38.4 Å². The van der Waals surface area contributed by atoms with Crippen LogP contribution < -0.4 is 5.19 Å². The van der Waals surface area contributed by atoms with Gasteiger partial charge in [-0.2, -0.15) is 0 Å². The van der Waals surface area contributed by atoms with Crippen LogP contribution in [0.1, 0.15) is 13.9 Å². The molecule has 2 nitrogen and oxygen atoms in total. The standard InChI is InChI=1S/C27H25NOSi/c1-30(2,3)26-18-28-24(17-20(26)16-19-10-5-4-6-11-19)23-14-9-13-22-21-12-7-8-15-25(21)29-27(22)23/h4-15,17-18H,16H2,1-3H3/i16D2. The highest BCUT2D eigenvalue weighted by Crippen LogP contribution is 2.35. The fraction of sp³-hybridized carbons (Fsp3) is 0.148. The summed E-state index contributed by atoms with van der Waals surface area (Å²) in [7, 11) is -1.85. The van der Waals surface area contributed by atoms with Crippen LogP contribution in [0.25, 0.3) is 33.2 Å². The molecule has 0 saturated heterocycles. The highest BCUT2D eigenvalue weighted by atomic mass is 28.3. The lowest BCUT2D eigenvalue weighted by Gasteiger charge is -2.21. The molecule has 0 spiro atoms. The van der Waals surface area contributed by atoms with Crippen LogP contribution in [0.2, 0.25) is 19.6 Å². The number of nitrogens with zero attached hydrogens (tertiary/aromatic N) is 1. The minimum absolute atomic E-state index is 0.651. The molecule has 0 radical (unpaired) electrons. The summed E-state index contributed by atoms with van der Waals surface area (Å²) in [6, 6.07) is 25.4. The van der Waals surface area contributed by atoms with E-state index >= 15 is 0 Å². The molecule has 0 aliphatic carbocycles. The maximum Gasteiger partial charge on any atom is 0.144 e. The molecule has 0 atom stereocenters. The molecule has 3 aromatic carbocycles. The van der Waals surface area contributed by atoms with Crippen molar-refractivity contribution in [1.82, 2.24) is 4.98 Å². The fourth-order valence-electron chi connectivity index (χ4n) is 3.93. The Hall–Kier alpha value is -3.17. The molecule has 148 valence electrons. The molecular formula is C27H25NOSi. The zero-order chi connectivity index (χ0) is 22.5. The first-order chi connectivity index (χ1) is 15.3. The van der Waals surface area contributed by atoms with E-state index in [1.807, 2.05) is 72.9 Å². The van der Waals surface area contributed by atoms with Crippen LogP contribution in [0.15, 0.2) is 89.5 Å². The van der Waals surface area contributed by atoms with Crippen molar-refractivity contribution in [3.05, 3.63) is 96.2 Å². The molecule has 0 fully saturated rings. The van der Waals surface area contributed by atoms with Crippen LogP contribution in [0.4, 0.5) is 0 Å². The largest absolute Gasteiger partial charge is 0.455 e. The number of pyridine rings is 1. The van der Waals surface area contributed by atoms with Crippen molar-refractivity contribution < 1.29 is 7.16 Å². The molecule has 0 unspecified atom stereocenters. The predicted molar refractivity (Wildman–Crippen MR) is 129 cm³/mol. The molecular weight excluding hydrogens is 382 g/mol. The number of aromatic nitrogens is 1. The van der Waals surface area contributed by atoms with E-state index in [2.05, 4.69) is 31.8 Å². The van der Waals surface area contributed by atoms with Gasteiger partial charge in [0.2, 0.25) is 0 Å². The summed E-state index contributed by atoms with van der Waals surface area (Å²) in [5, 5.41) is 3.15. The van der Waals surface area contributed by atoms with Gasteiger partial charge < -0.3 is 4.42 Å². The van der Waals surface area contributed by atoms with Crippen molar-refractivity contribution >= 4 is 35.2 Å². The topological polar surface area (TPSA) is 26.0 Å². The van der Waals surface area contributed by atoms with Crippen molar-refractivity contribution in [3.63, 3.8) is 0 Å². The van der Waals surface area contributed by atoms with Crippen LogP contribution in [0, 0.1) is 0 Å². The SMILES string of the molecule is [2H]C([2H])(c1ccccc1)c1cc(-c2cccc3c2oc2ccccc23)ncc1[Si](C)(C)C. The number of benzene rings is 3. The highest BCUT2D eigenvalue weighted by Gasteiger charge is 2.22. The zero-order valence-electron chi connectivity index (χ0n) is 19.4. The van der Waals surface area contributed by atoms with E-state index in [0.29, 0.717) is 11.1 Å². The minimum atomic E-state index is -1.85. The number of rotatable bonds is 4. The van der Waals surface area contributed by atoms with Gasteiger partial charge in [0.1, 0.15) is 11.2 Å². The first-order valence-corrected chi connectivity index (χ1v) is 13.7. The average Bonchev–Trinajstić information content (AvgIpc) is 3.17. The Morgan fingerprint density at radius 1 is 0.867 bits per heavy atom. The Morgan fingerprint density at radius 3 is 2.40 bits per heavy atom. The monoisotopic (exact) mass is 409 g/mol. The molecule has 0 bridgehead atoms. The molecule has 2 aromatic heterocycles. The van der Waals surface area contributed by atoms with Crippen LogP contribution in [-0.2, 0) is 6.37 Å². The van der Waals surface area contributed by atoms with Crippen LogP contribution in [0.5, 0.6) is 0 Å². The second kappa shape index (κ2) is 7.26. The van der Waals surface area contributed by atoms with E-state index in [1.54, 1.807) is 0 Å². The first-order valence-electron chi connectivity index (χ1n) is 11.2. The molecule has 30 heavy (non-hydrogen) atoms. The fourth-order valence-corrected chi connectivity index (χ4v) is 5.32. The summed E-state index contributed by atoms with van der Waals surface area (Å²) in [5.41, 5.74) is 4.58. The van der Waals surface area contributed by atoms with Gasteiger partial charge in [-0.25, -0.2) is 0 Å². The van der Waals surface area contributed by atoms with Crippen molar-refractivity contribution in [1.29, 1.82) is 0 Å². The second-order valence-electron chi connectivity index (χ2n) is 8.64. The van der Waals surface area contributed by atoms with Crippen molar-refractivity contribution in [2.75, 3.05) is 0 Å². The van der Waals surface area contributed by atoms with Gasteiger partial charge in [-0.15, -0.1) is 0 Å². The van der Waals surface area contributed by atoms with Gasteiger partial charge in [0, 0.05) is 25.3 Å². The summed E-state index contributed by atoms with van der Waals surface area (Å²) >= 11 is 0. The lowest BCUT2D eigenvalue weighted by Crippen LogP contribution is -2.40. The Bertz CT molecular complexity index is 1440. The van der Waals surface area contributed by atoms with E-state index in [9.17, 15) is 0 Å². The van der Waals surface area contributed by atoms with Gasteiger partial charge in [0.25, 0.3) is 0 Å². The van der Waals surface area contributed by atoms with Gasteiger partial charge in [0.05, 0.1) is 13.8 Å². The third-order valence-corrected chi connectivity index (χ3v) is 7.46. The van der Waals surface area contributed by atoms with E-state index in [-0.39, 0.29) is 0 Å². The van der Waals surface area contributed by atoms with Gasteiger partial charge in [-0.1, -0.05) is 80.3 Å². The normalized spacial score (nSPS) is 13.4. The second-order valence-corrected chi connectivity index (χ2v) is 13.7. The molecule has 0 amide bonds. The molecule has 3 heteroatoms. The number of fused-ring (bicyclic) bond motifs is 3. The summed E-state index contributed by atoms with van der Waals surface area (Å²) in [4.78, 5) is 4.81. The summed E-state index contributed by atoms with van der Waals surface area (Å²) in [5.74, 6) is 0. The molecule has 0 saturated carbocycles. The van der Waals surface area contributed by atoms with Crippen LogP contribution in [-0.4, -0.2) is 13.1 Å². The zero-order valence-corrected chi connectivity index (χ0v) is 18.4. The molecule has 0 aliphatic heterocycles. The number of furan rings is 1. The van der Waals surface area contributed by atoms with Gasteiger partial charge in [-0.05, 0) is 40.9 Å². The number of para-hydroxylation sites is 2. The van der Waals surface area contributed by atoms with Crippen LogP contribution in [0.3, 0.4) is 0 Å². The summed E-state index contributed by atoms with van der Waals surface area (Å²) in [6.45, 7) is 6.69. The highest BCUT2D eigenvalue weighted by molar-refractivity contribution is 6.89. The lowest BCUT2D eigenvalue weighted by atomic mass is 10.0. The molecule has 0 aliphatic rings. The Morgan fingerprint density at radius 2 is 1.60 bits per heavy atom. The Kier molecular flexibility index (Phi) is 4.02. The third-order valence-electron chi connectivity index (χ3n) is 5.45. The predicted octanol–water partition coefficient (Wildman–Crippen LogP) is 6.78. The maximum atomic E-state index is 9.08. The molecule has 5 rings (SSSR count). The first kappa shape index (κ1) is 16.6. The number of hydrogen-bond acceptors (Lipinski definition) is 2. The molecule has 5 aromatic rings. The van der Waals surface area contributed by atoms with Crippen LogP contribution >= 0.6 is 0 Å². The molecule has 0 N–H and O–H groups in total. The van der Waals surface area contributed by atoms with Gasteiger partial charge in [-0.3, -0.25) is 4.98 Å².